The molecule has 2 aromatic rings. The number of benzene rings is 2. The van der Waals surface area contributed by atoms with E-state index in [0.717, 1.165) is 25.9 Å². The van der Waals surface area contributed by atoms with Gasteiger partial charge in [0.05, 0.1) is 19.3 Å². The predicted octanol–water partition coefficient (Wildman–Crippen LogP) is 5.14. The highest BCUT2D eigenvalue weighted by Crippen LogP contribution is 2.12. The van der Waals surface area contributed by atoms with Crippen molar-refractivity contribution in [2.24, 2.45) is 0 Å². The van der Waals surface area contributed by atoms with Crippen LogP contribution in [0.4, 0.5) is 0 Å². The topological polar surface area (TPSA) is 18.5 Å². The highest BCUT2D eigenvalue weighted by molar-refractivity contribution is 5.14. The van der Waals surface area contributed by atoms with Crippen molar-refractivity contribution in [3.63, 3.8) is 0 Å². The molecule has 122 valence electrons. The van der Waals surface area contributed by atoms with Crippen LogP contribution in [0.1, 0.15) is 30.4 Å². The first-order valence-corrected chi connectivity index (χ1v) is 8.26. The predicted molar refractivity (Wildman–Crippen MR) is 95.2 cm³/mol. The van der Waals surface area contributed by atoms with Crippen LogP contribution in [0.3, 0.4) is 0 Å². The van der Waals surface area contributed by atoms with E-state index in [2.05, 4.69) is 30.8 Å². The van der Waals surface area contributed by atoms with Gasteiger partial charge in [0.25, 0.3) is 0 Å². The largest absolute Gasteiger partial charge is 0.377 e. The van der Waals surface area contributed by atoms with Crippen LogP contribution in [0.5, 0.6) is 0 Å². The molecule has 23 heavy (non-hydrogen) atoms. The van der Waals surface area contributed by atoms with Crippen molar-refractivity contribution >= 4 is 0 Å². The molecule has 2 rings (SSSR count). The van der Waals surface area contributed by atoms with Gasteiger partial charge >= 0.3 is 0 Å². The summed E-state index contributed by atoms with van der Waals surface area (Å²) in [5.41, 5.74) is 2.43. The summed E-state index contributed by atoms with van der Waals surface area (Å²) in [5, 5.41) is 0. The van der Waals surface area contributed by atoms with Crippen LogP contribution < -0.4 is 0 Å². The lowest BCUT2D eigenvalue weighted by Crippen LogP contribution is -2.13. The van der Waals surface area contributed by atoms with Gasteiger partial charge < -0.3 is 9.47 Å². The summed E-state index contributed by atoms with van der Waals surface area (Å²) in [6.07, 6.45) is 5.02. The molecule has 0 saturated carbocycles. The summed E-state index contributed by atoms with van der Waals surface area (Å²) < 4.78 is 11.7. The van der Waals surface area contributed by atoms with E-state index in [-0.39, 0.29) is 6.10 Å². The van der Waals surface area contributed by atoms with E-state index < -0.39 is 0 Å². The van der Waals surface area contributed by atoms with E-state index in [1.165, 1.54) is 11.1 Å². The molecule has 2 heteroatoms. The fourth-order valence-electron chi connectivity index (χ4n) is 2.42. The summed E-state index contributed by atoms with van der Waals surface area (Å²) in [5.74, 6) is 0. The van der Waals surface area contributed by atoms with Crippen molar-refractivity contribution < 1.29 is 9.47 Å². The van der Waals surface area contributed by atoms with Crippen LogP contribution in [0.15, 0.2) is 73.3 Å². The van der Waals surface area contributed by atoms with Crippen molar-refractivity contribution in [2.75, 3.05) is 6.61 Å². The average Bonchev–Trinajstić information content (AvgIpc) is 2.61. The van der Waals surface area contributed by atoms with Crippen LogP contribution in [-0.2, 0) is 22.7 Å². The lowest BCUT2D eigenvalue weighted by molar-refractivity contribution is 0.0270. The maximum absolute atomic E-state index is 6.01. The summed E-state index contributed by atoms with van der Waals surface area (Å²) in [6, 6.07) is 20.6. The first kappa shape index (κ1) is 17.5. The minimum absolute atomic E-state index is 0.216. The molecule has 2 nitrogen and oxygen atoms in total. The Hall–Kier alpha value is -1.90. The Kier molecular flexibility index (Phi) is 8.17. The van der Waals surface area contributed by atoms with Crippen molar-refractivity contribution in [3.05, 3.63) is 84.4 Å². The van der Waals surface area contributed by atoms with E-state index in [0.29, 0.717) is 13.2 Å². The molecular formula is C21H26O2. The Balaban J connectivity index is 1.63. The van der Waals surface area contributed by atoms with Gasteiger partial charge in [0, 0.05) is 6.61 Å². The molecule has 0 saturated heterocycles. The molecule has 0 N–H and O–H groups in total. The van der Waals surface area contributed by atoms with Gasteiger partial charge in [-0.05, 0) is 30.4 Å². The van der Waals surface area contributed by atoms with Crippen LogP contribution in [0.25, 0.3) is 0 Å². The van der Waals surface area contributed by atoms with Crippen LogP contribution in [-0.4, -0.2) is 12.7 Å². The van der Waals surface area contributed by atoms with Crippen LogP contribution >= 0.6 is 0 Å². The van der Waals surface area contributed by atoms with Gasteiger partial charge in [0.1, 0.15) is 0 Å². The Labute approximate surface area is 139 Å². The van der Waals surface area contributed by atoms with Crippen molar-refractivity contribution in [2.45, 2.75) is 38.6 Å². The first-order valence-electron chi connectivity index (χ1n) is 8.26. The molecule has 0 spiro atoms. The van der Waals surface area contributed by atoms with Gasteiger partial charge in [-0.2, -0.15) is 0 Å². The van der Waals surface area contributed by atoms with Crippen LogP contribution in [0.2, 0.25) is 0 Å². The second-order valence-corrected chi connectivity index (χ2v) is 5.62. The Morgan fingerprint density at radius 1 is 0.870 bits per heavy atom. The summed E-state index contributed by atoms with van der Waals surface area (Å²) in [7, 11) is 0. The van der Waals surface area contributed by atoms with E-state index in [1.807, 2.05) is 42.5 Å². The molecule has 0 radical (unpaired) electrons. The number of hydrogen-bond donors (Lipinski definition) is 0. The smallest absolute Gasteiger partial charge is 0.0720 e. The minimum Gasteiger partial charge on any atom is -0.377 e. The lowest BCUT2D eigenvalue weighted by atomic mass is 10.1. The third-order valence-corrected chi connectivity index (χ3v) is 3.68. The Morgan fingerprint density at radius 2 is 1.48 bits per heavy atom. The summed E-state index contributed by atoms with van der Waals surface area (Å²) >= 11 is 0. The highest BCUT2D eigenvalue weighted by Gasteiger charge is 2.07. The Bertz CT molecular complexity index is 536. The maximum atomic E-state index is 6.01. The van der Waals surface area contributed by atoms with Crippen LogP contribution in [0, 0.1) is 0 Å². The zero-order chi connectivity index (χ0) is 16.2. The third-order valence-electron chi connectivity index (χ3n) is 3.68. The SMILES string of the molecule is C=CC[C@@H](CCCOCc1ccccc1)OCc1ccccc1. The molecule has 0 fully saturated rings. The third kappa shape index (κ3) is 7.27. The Morgan fingerprint density at radius 3 is 2.09 bits per heavy atom. The molecular weight excluding hydrogens is 284 g/mol. The van der Waals surface area contributed by atoms with Crippen molar-refractivity contribution in [1.82, 2.24) is 0 Å². The van der Waals surface area contributed by atoms with E-state index in [9.17, 15) is 0 Å². The van der Waals surface area contributed by atoms with Crippen molar-refractivity contribution in [1.29, 1.82) is 0 Å². The molecule has 0 amide bonds. The maximum Gasteiger partial charge on any atom is 0.0720 e. The molecule has 0 aliphatic heterocycles. The first-order chi connectivity index (χ1) is 11.4. The van der Waals surface area contributed by atoms with Gasteiger partial charge in [0.2, 0.25) is 0 Å². The van der Waals surface area contributed by atoms with Gasteiger partial charge in [-0.3, -0.25) is 0 Å². The normalized spacial score (nSPS) is 12.0. The molecule has 0 aromatic heterocycles. The zero-order valence-electron chi connectivity index (χ0n) is 13.7. The van der Waals surface area contributed by atoms with Gasteiger partial charge in [-0.1, -0.05) is 66.7 Å². The molecule has 0 bridgehead atoms. The molecule has 1 atom stereocenters. The molecule has 2 aromatic carbocycles. The fourth-order valence-corrected chi connectivity index (χ4v) is 2.42. The molecule has 0 aliphatic rings. The average molecular weight is 310 g/mol. The van der Waals surface area contributed by atoms with Gasteiger partial charge in [0.15, 0.2) is 0 Å². The van der Waals surface area contributed by atoms with Crippen molar-refractivity contribution in [3.8, 4) is 0 Å². The quantitative estimate of drug-likeness (QED) is 0.422. The fraction of sp³-hybridized carbons (Fsp3) is 0.333. The summed E-state index contributed by atoms with van der Waals surface area (Å²) in [4.78, 5) is 0. The number of hydrogen-bond acceptors (Lipinski definition) is 2. The molecule has 0 heterocycles. The van der Waals surface area contributed by atoms with E-state index in [4.69, 9.17) is 9.47 Å². The zero-order valence-corrected chi connectivity index (χ0v) is 13.7. The van der Waals surface area contributed by atoms with Gasteiger partial charge in [-0.25, -0.2) is 0 Å². The lowest BCUT2D eigenvalue weighted by Gasteiger charge is -2.16. The van der Waals surface area contributed by atoms with E-state index >= 15 is 0 Å². The second kappa shape index (κ2) is 10.8. The van der Waals surface area contributed by atoms with Gasteiger partial charge in [-0.15, -0.1) is 6.58 Å². The number of ether oxygens (including phenoxy) is 2. The highest BCUT2D eigenvalue weighted by atomic mass is 16.5. The standard InChI is InChI=1S/C21H26O2/c1-2-10-21(23-18-20-13-7-4-8-14-20)15-9-16-22-17-19-11-5-3-6-12-19/h2-8,11-14,21H,1,9-10,15-18H2/t21-/m0/s1. The minimum atomic E-state index is 0.216. The molecule has 0 aliphatic carbocycles. The second-order valence-electron chi connectivity index (χ2n) is 5.62. The number of rotatable bonds is 11. The van der Waals surface area contributed by atoms with E-state index in [1.54, 1.807) is 0 Å². The molecule has 0 unspecified atom stereocenters. The summed E-state index contributed by atoms with van der Waals surface area (Å²) in [6.45, 7) is 5.92. The monoisotopic (exact) mass is 310 g/mol.